The largest absolute Gasteiger partial charge is 0.480 e. The zero-order valence-electron chi connectivity index (χ0n) is 14.9. The van der Waals surface area contributed by atoms with E-state index in [-0.39, 0.29) is 24.0 Å². The summed E-state index contributed by atoms with van der Waals surface area (Å²) in [5, 5.41) is 36.7. The highest BCUT2D eigenvalue weighted by Gasteiger charge is 2.46. The van der Waals surface area contributed by atoms with Crippen LogP contribution >= 0.6 is 0 Å². The van der Waals surface area contributed by atoms with E-state index in [9.17, 15) is 19.2 Å². The lowest BCUT2D eigenvalue weighted by molar-refractivity contribution is -0.167. The van der Waals surface area contributed by atoms with Crippen molar-refractivity contribution in [2.75, 3.05) is 0 Å². The summed E-state index contributed by atoms with van der Waals surface area (Å²) in [7, 11) is 0. The molecular formula is C20H20O8. The lowest BCUT2D eigenvalue weighted by atomic mass is 9.74. The Morgan fingerprint density at radius 1 is 0.714 bits per heavy atom. The Balaban J connectivity index is 0.000000209. The molecule has 0 spiro atoms. The highest BCUT2D eigenvalue weighted by molar-refractivity contribution is 6.11. The molecule has 1 aliphatic carbocycles. The van der Waals surface area contributed by atoms with Crippen LogP contribution in [0.3, 0.4) is 0 Å². The third-order valence-electron chi connectivity index (χ3n) is 4.90. The lowest BCUT2D eigenvalue weighted by Crippen LogP contribution is -2.40. The van der Waals surface area contributed by atoms with E-state index in [4.69, 9.17) is 20.4 Å². The van der Waals surface area contributed by atoms with Crippen LogP contribution in [0, 0.1) is 5.41 Å². The van der Waals surface area contributed by atoms with Gasteiger partial charge in [-0.1, -0.05) is 49.6 Å². The summed E-state index contributed by atoms with van der Waals surface area (Å²) in [6, 6.07) is 9.72. The number of hydrogen-bond acceptors (Lipinski definition) is 4. The summed E-state index contributed by atoms with van der Waals surface area (Å²) in [6.07, 6.45) is 2.91. The molecule has 1 aliphatic rings. The van der Waals surface area contributed by atoms with Crippen molar-refractivity contribution in [2.24, 2.45) is 5.41 Å². The molecule has 8 nitrogen and oxygen atoms in total. The maximum Gasteiger partial charge on any atom is 0.337 e. The smallest absolute Gasteiger partial charge is 0.337 e. The Kier molecular flexibility index (Phi) is 6.35. The van der Waals surface area contributed by atoms with Crippen LogP contribution in [-0.4, -0.2) is 44.3 Å². The van der Waals surface area contributed by atoms with Crippen LogP contribution in [0.1, 0.15) is 52.8 Å². The second kappa shape index (κ2) is 8.51. The van der Waals surface area contributed by atoms with Gasteiger partial charge in [0.05, 0.1) is 11.1 Å². The third kappa shape index (κ3) is 4.11. The van der Waals surface area contributed by atoms with Gasteiger partial charge >= 0.3 is 23.9 Å². The average Bonchev–Trinajstić information content (AvgIpc) is 2.67. The van der Waals surface area contributed by atoms with E-state index in [2.05, 4.69) is 0 Å². The molecule has 0 heterocycles. The maximum absolute atomic E-state index is 11.1. The first-order chi connectivity index (χ1) is 13.2. The van der Waals surface area contributed by atoms with Gasteiger partial charge in [-0.25, -0.2) is 9.59 Å². The zero-order valence-corrected chi connectivity index (χ0v) is 14.9. The van der Waals surface area contributed by atoms with Crippen molar-refractivity contribution in [3.63, 3.8) is 0 Å². The van der Waals surface area contributed by atoms with Crippen molar-refractivity contribution in [3.05, 3.63) is 47.5 Å². The Morgan fingerprint density at radius 2 is 1.29 bits per heavy atom. The van der Waals surface area contributed by atoms with E-state index in [1.54, 1.807) is 30.3 Å². The van der Waals surface area contributed by atoms with Gasteiger partial charge in [0.15, 0.2) is 5.41 Å². The quantitative estimate of drug-likeness (QED) is 0.583. The molecule has 28 heavy (non-hydrogen) atoms. The SMILES string of the molecule is O=C(O)C1(C(=O)O)CCCCC1.O=C(O)c1ccc2ccccc2c1C(=O)O. The second-order valence-electron chi connectivity index (χ2n) is 6.57. The minimum absolute atomic E-state index is 0.161. The standard InChI is InChI=1S/C12H8O4.C8H12O4/c13-11(14)9-6-5-7-3-1-2-4-8(7)10(9)12(15)16;9-6(10)8(7(11)12)4-2-1-3-5-8/h1-6H,(H,13,14)(H,15,16);1-5H2,(H,9,10)(H,11,12). The first-order valence-electron chi connectivity index (χ1n) is 8.66. The molecule has 0 unspecified atom stereocenters. The van der Waals surface area contributed by atoms with Crippen LogP contribution in [0.5, 0.6) is 0 Å². The second-order valence-corrected chi connectivity index (χ2v) is 6.57. The van der Waals surface area contributed by atoms with E-state index in [0.29, 0.717) is 23.6 Å². The molecule has 2 aromatic rings. The monoisotopic (exact) mass is 388 g/mol. The fourth-order valence-electron chi connectivity index (χ4n) is 3.35. The van der Waals surface area contributed by atoms with Gasteiger partial charge in [-0.05, 0) is 29.7 Å². The fraction of sp³-hybridized carbons (Fsp3) is 0.300. The zero-order chi connectivity index (χ0) is 20.9. The number of benzene rings is 2. The molecule has 0 aliphatic heterocycles. The molecule has 148 valence electrons. The van der Waals surface area contributed by atoms with E-state index in [1.165, 1.54) is 6.07 Å². The van der Waals surface area contributed by atoms with Gasteiger partial charge in [0.25, 0.3) is 0 Å². The number of carboxylic acids is 4. The Hall–Kier alpha value is -3.42. The Morgan fingerprint density at radius 3 is 1.75 bits per heavy atom. The first kappa shape index (κ1) is 20.9. The summed E-state index contributed by atoms with van der Waals surface area (Å²) in [6.45, 7) is 0. The predicted octanol–water partition coefficient (Wildman–Crippen LogP) is 3.34. The third-order valence-corrected chi connectivity index (χ3v) is 4.90. The van der Waals surface area contributed by atoms with Crippen LogP contribution in [0.15, 0.2) is 36.4 Å². The lowest BCUT2D eigenvalue weighted by Gasteiger charge is -2.28. The summed E-state index contributed by atoms with van der Waals surface area (Å²) < 4.78 is 0. The number of rotatable bonds is 4. The van der Waals surface area contributed by atoms with E-state index in [1.807, 2.05) is 0 Å². The summed E-state index contributed by atoms with van der Waals surface area (Å²) in [4.78, 5) is 43.5. The van der Waals surface area contributed by atoms with E-state index >= 15 is 0 Å². The fourth-order valence-corrected chi connectivity index (χ4v) is 3.35. The minimum Gasteiger partial charge on any atom is -0.480 e. The van der Waals surface area contributed by atoms with Gasteiger partial charge in [-0.15, -0.1) is 0 Å². The van der Waals surface area contributed by atoms with E-state index < -0.39 is 29.3 Å². The Bertz CT molecular complexity index is 909. The summed E-state index contributed by atoms with van der Waals surface area (Å²) in [5.74, 6) is -4.83. The summed E-state index contributed by atoms with van der Waals surface area (Å²) in [5.41, 5.74) is -1.84. The van der Waals surface area contributed by atoms with Crippen LogP contribution in [0.4, 0.5) is 0 Å². The molecule has 3 rings (SSSR count). The van der Waals surface area contributed by atoms with Crippen molar-refractivity contribution < 1.29 is 39.6 Å². The van der Waals surface area contributed by atoms with Crippen molar-refractivity contribution in [2.45, 2.75) is 32.1 Å². The van der Waals surface area contributed by atoms with Gasteiger partial charge in [0.2, 0.25) is 0 Å². The topological polar surface area (TPSA) is 149 Å². The average molecular weight is 388 g/mol. The van der Waals surface area contributed by atoms with Crippen molar-refractivity contribution in [3.8, 4) is 0 Å². The first-order valence-corrected chi connectivity index (χ1v) is 8.66. The highest BCUT2D eigenvalue weighted by atomic mass is 16.4. The molecule has 0 saturated heterocycles. The molecule has 1 saturated carbocycles. The normalized spacial score (nSPS) is 15.1. The predicted molar refractivity (Wildman–Crippen MR) is 98.7 cm³/mol. The van der Waals surface area contributed by atoms with Gasteiger partial charge < -0.3 is 20.4 Å². The van der Waals surface area contributed by atoms with Crippen LogP contribution < -0.4 is 0 Å². The van der Waals surface area contributed by atoms with Crippen molar-refractivity contribution >= 4 is 34.6 Å². The molecule has 0 atom stereocenters. The summed E-state index contributed by atoms with van der Waals surface area (Å²) >= 11 is 0. The minimum atomic E-state index is -1.49. The van der Waals surface area contributed by atoms with Crippen molar-refractivity contribution in [1.29, 1.82) is 0 Å². The molecule has 8 heteroatoms. The van der Waals surface area contributed by atoms with Gasteiger partial charge in [-0.3, -0.25) is 9.59 Å². The number of hydrogen-bond donors (Lipinski definition) is 4. The number of aromatic carboxylic acids is 2. The number of fused-ring (bicyclic) bond motifs is 1. The number of carbonyl (C=O) groups is 4. The molecule has 0 bridgehead atoms. The number of aliphatic carboxylic acids is 2. The molecule has 0 aromatic heterocycles. The van der Waals surface area contributed by atoms with Gasteiger partial charge in [0.1, 0.15) is 0 Å². The van der Waals surface area contributed by atoms with Crippen molar-refractivity contribution in [1.82, 2.24) is 0 Å². The molecule has 0 radical (unpaired) electrons. The van der Waals surface area contributed by atoms with Gasteiger partial charge in [-0.2, -0.15) is 0 Å². The van der Waals surface area contributed by atoms with Crippen LogP contribution in [0.25, 0.3) is 10.8 Å². The molecule has 2 aromatic carbocycles. The molecule has 1 fully saturated rings. The molecular weight excluding hydrogens is 368 g/mol. The Labute approximate surface area is 160 Å². The maximum atomic E-state index is 11.1. The van der Waals surface area contributed by atoms with Gasteiger partial charge in [0, 0.05) is 0 Å². The van der Waals surface area contributed by atoms with Crippen LogP contribution in [0.2, 0.25) is 0 Å². The number of carboxylic acid groups (broad SMARTS) is 4. The highest BCUT2D eigenvalue weighted by Crippen LogP contribution is 2.36. The van der Waals surface area contributed by atoms with E-state index in [0.717, 1.165) is 6.42 Å². The van der Waals surface area contributed by atoms with Crippen LogP contribution in [-0.2, 0) is 9.59 Å². The molecule has 4 N–H and O–H groups in total. The molecule has 0 amide bonds.